The number of nitrogens with zero attached hydrogens (tertiary/aromatic N) is 5. The lowest BCUT2D eigenvalue weighted by Crippen LogP contribution is -2.44. The fraction of sp³-hybridized carbons (Fsp3) is 0.914. The lowest BCUT2D eigenvalue weighted by atomic mass is 9.87. The van der Waals surface area contributed by atoms with E-state index in [2.05, 4.69) is 163 Å². The molecular formula is C70H140N8O3. The third-order valence-electron chi connectivity index (χ3n) is 16.3. The van der Waals surface area contributed by atoms with Crippen molar-refractivity contribution in [3.63, 3.8) is 0 Å². The molecule has 81 heavy (non-hydrogen) atoms. The summed E-state index contributed by atoms with van der Waals surface area (Å²) in [7, 11) is 0. The van der Waals surface area contributed by atoms with Crippen LogP contribution < -0.4 is 25.6 Å². The topological polar surface area (TPSA) is 80.0 Å². The van der Waals surface area contributed by atoms with E-state index in [-0.39, 0.29) is 0 Å². The second kappa shape index (κ2) is 47.6. The molecule has 7 fully saturated rings. The van der Waals surface area contributed by atoms with Crippen LogP contribution in [-0.2, 0) is 9.47 Å². The Kier molecular flexibility index (Phi) is 44.4. The quantitative estimate of drug-likeness (QED) is 0.157. The van der Waals surface area contributed by atoms with E-state index in [0.717, 1.165) is 124 Å². The van der Waals surface area contributed by atoms with Crippen LogP contribution in [0.3, 0.4) is 0 Å². The zero-order valence-electron chi connectivity index (χ0n) is 56.8. The molecule has 11 nitrogen and oxygen atoms in total. The van der Waals surface area contributed by atoms with Crippen molar-refractivity contribution >= 4 is 5.69 Å². The molecule has 1 atom stereocenters. The Balaban J connectivity index is 0.000000318. The summed E-state index contributed by atoms with van der Waals surface area (Å²) in [5.74, 6) is 10.5. The van der Waals surface area contributed by atoms with Crippen LogP contribution >= 0.6 is 0 Å². The summed E-state index contributed by atoms with van der Waals surface area (Å²) >= 11 is 0. The first-order valence-electron chi connectivity index (χ1n) is 34.4. The molecule has 9 rings (SSSR count). The number of likely N-dealkylation sites (tertiary alicyclic amines) is 2. The van der Waals surface area contributed by atoms with Crippen molar-refractivity contribution in [3.8, 4) is 5.75 Å². The first-order chi connectivity index (χ1) is 38.8. The van der Waals surface area contributed by atoms with Crippen molar-refractivity contribution in [1.29, 1.82) is 0 Å². The van der Waals surface area contributed by atoms with E-state index in [1.54, 1.807) is 0 Å². The van der Waals surface area contributed by atoms with Crippen LogP contribution in [0.5, 0.6) is 5.75 Å². The largest absolute Gasteiger partial charge is 0.490 e. The van der Waals surface area contributed by atoms with Gasteiger partial charge in [-0.15, -0.1) is 0 Å². The number of benzene rings is 1. The number of morpholine rings is 1. The molecule has 8 aliphatic rings. The summed E-state index contributed by atoms with van der Waals surface area (Å²) in [6, 6.07) is 8.28. The highest BCUT2D eigenvalue weighted by atomic mass is 16.5. The smallest absolute Gasteiger partial charge is 0.142 e. The van der Waals surface area contributed by atoms with Gasteiger partial charge in [0.15, 0.2) is 0 Å². The molecule has 1 aromatic rings. The number of piperazine rings is 1. The third-order valence-corrected chi connectivity index (χ3v) is 16.3. The average molecular weight is 1140 g/mol. The van der Waals surface area contributed by atoms with Gasteiger partial charge in [-0.05, 0) is 200 Å². The zero-order valence-corrected chi connectivity index (χ0v) is 56.8. The minimum absolute atomic E-state index is 0.696. The summed E-state index contributed by atoms with van der Waals surface area (Å²) in [5.41, 5.74) is 1.24. The van der Waals surface area contributed by atoms with E-state index in [4.69, 9.17) is 14.2 Å². The van der Waals surface area contributed by atoms with Crippen molar-refractivity contribution in [1.82, 2.24) is 35.6 Å². The Labute approximate surface area is 505 Å². The van der Waals surface area contributed by atoms with Crippen LogP contribution in [0.1, 0.15) is 188 Å². The average Bonchev–Trinajstić information content (AvgIpc) is 4.17. The Morgan fingerprint density at radius 3 is 1.27 bits per heavy atom. The molecular weight excluding hydrogens is 1000 g/mol. The highest BCUT2D eigenvalue weighted by Crippen LogP contribution is 2.31. The molecule has 1 aromatic carbocycles. The molecule has 0 amide bonds. The normalized spacial score (nSPS) is 21.5. The van der Waals surface area contributed by atoms with Crippen LogP contribution in [-0.4, -0.2) is 184 Å². The molecule has 478 valence electrons. The van der Waals surface area contributed by atoms with Gasteiger partial charge >= 0.3 is 0 Å². The molecule has 11 heteroatoms. The Hall–Kier alpha value is -1.54. The Morgan fingerprint density at radius 2 is 0.827 bits per heavy atom. The third kappa shape index (κ3) is 41.2. The van der Waals surface area contributed by atoms with Gasteiger partial charge in [-0.1, -0.05) is 129 Å². The molecule has 3 N–H and O–H groups in total. The standard InChI is InChI=1S/C12H17NO.2C9H19N.C8H18N2.C8H17NO.2C8H17N.C8H16O/c1-10(2)9-13-7-8-14-12-6-4-3-5-11(12)13;1-8(2)7-9-3-5-10-6-4-9;1-9(2)8-10-6-4-3-5-7-10;1-8(2)7-10-5-3-9-4-6-10;1-8(2)7-9-3-5-10-6-4-9;1-7(2)8-3-5-9-6-4-8;1-8(2)7-9-5-3-4-6-9;1-7(2)5-8-3-4-9-6-8/h3-6,10H,7-9H2,1-2H3;8-10H,3-7H2,1-2H3;9H,3-8H2,1-2H3;8-9H,3-7H2,1-2H3;8H,3-7H2,1-2H3;7-9H,3-6H2,1-2H3;8H,3-7H2,1-2H3;7-8H,3-6H2,1-2H3. The zero-order chi connectivity index (χ0) is 59.6. The van der Waals surface area contributed by atoms with Crippen molar-refractivity contribution in [2.45, 2.75) is 188 Å². The van der Waals surface area contributed by atoms with Crippen LogP contribution in [0, 0.1) is 65.1 Å². The van der Waals surface area contributed by atoms with Gasteiger partial charge in [-0.2, -0.15) is 0 Å². The second-order valence-electron chi connectivity index (χ2n) is 28.6. The molecule has 0 radical (unpaired) electrons. The molecule has 0 aliphatic carbocycles. The highest BCUT2D eigenvalue weighted by Gasteiger charge is 2.20. The summed E-state index contributed by atoms with van der Waals surface area (Å²) in [6.07, 6.45) is 16.8. The predicted molar refractivity (Wildman–Crippen MR) is 355 cm³/mol. The van der Waals surface area contributed by atoms with Crippen LogP contribution in [0.2, 0.25) is 0 Å². The minimum Gasteiger partial charge on any atom is -0.490 e. The van der Waals surface area contributed by atoms with E-state index >= 15 is 0 Å². The van der Waals surface area contributed by atoms with Crippen molar-refractivity contribution in [3.05, 3.63) is 24.3 Å². The number of anilines is 1. The molecule has 0 saturated carbocycles. The maximum atomic E-state index is 5.59. The molecule has 0 spiro atoms. The molecule has 0 bridgehead atoms. The van der Waals surface area contributed by atoms with Crippen LogP contribution in [0.25, 0.3) is 0 Å². The van der Waals surface area contributed by atoms with Gasteiger partial charge in [0.1, 0.15) is 12.4 Å². The van der Waals surface area contributed by atoms with Gasteiger partial charge in [0.05, 0.1) is 25.4 Å². The minimum atomic E-state index is 0.696. The monoisotopic (exact) mass is 1140 g/mol. The number of hydrogen-bond donors (Lipinski definition) is 3. The van der Waals surface area contributed by atoms with Crippen LogP contribution in [0.15, 0.2) is 24.3 Å². The lowest BCUT2D eigenvalue weighted by molar-refractivity contribution is 0.0329. The summed E-state index contributed by atoms with van der Waals surface area (Å²) in [5, 5.41) is 10.1. The summed E-state index contributed by atoms with van der Waals surface area (Å²) in [6.45, 7) is 65.9. The highest BCUT2D eigenvalue weighted by molar-refractivity contribution is 5.59. The second-order valence-corrected chi connectivity index (χ2v) is 28.6. The van der Waals surface area contributed by atoms with Crippen molar-refractivity contribution < 1.29 is 14.2 Å². The summed E-state index contributed by atoms with van der Waals surface area (Å²) < 4.78 is 16.1. The number of rotatable bonds is 15. The van der Waals surface area contributed by atoms with Gasteiger partial charge < -0.3 is 49.8 Å². The maximum Gasteiger partial charge on any atom is 0.142 e. The van der Waals surface area contributed by atoms with Crippen molar-refractivity contribution in [2.24, 2.45) is 65.1 Å². The fourth-order valence-corrected chi connectivity index (χ4v) is 12.4. The summed E-state index contributed by atoms with van der Waals surface area (Å²) in [4.78, 5) is 12.6. The van der Waals surface area contributed by atoms with Crippen LogP contribution in [0.4, 0.5) is 5.69 Å². The van der Waals surface area contributed by atoms with E-state index < -0.39 is 0 Å². The number of hydrogen-bond acceptors (Lipinski definition) is 11. The van der Waals surface area contributed by atoms with Gasteiger partial charge in [0.25, 0.3) is 0 Å². The lowest BCUT2D eigenvalue weighted by Gasteiger charge is -2.32. The van der Waals surface area contributed by atoms with Crippen molar-refractivity contribution in [2.75, 3.05) is 169 Å². The van der Waals surface area contributed by atoms with E-state index in [1.165, 1.54) is 187 Å². The van der Waals surface area contributed by atoms with E-state index in [1.807, 2.05) is 12.1 Å². The SMILES string of the molecule is CC(C)C1CCNCC1.CC(C)CC1CCNCC1.CC(C)CC1CCOC1.CC(C)CN1CCCC1.CC(C)CN1CCCCC1.CC(C)CN1CCNCC1.CC(C)CN1CCOCC1.CC(C)CN1CCOc2ccccc21. The van der Waals surface area contributed by atoms with E-state index in [9.17, 15) is 0 Å². The molecule has 0 aromatic heterocycles. The molecule has 7 saturated heterocycles. The van der Waals surface area contributed by atoms with Gasteiger partial charge in [0, 0.05) is 85.2 Å². The number of piperidine rings is 3. The molecule has 1 unspecified atom stereocenters. The van der Waals surface area contributed by atoms with Gasteiger partial charge in [0.2, 0.25) is 0 Å². The fourth-order valence-electron chi connectivity index (χ4n) is 12.4. The number of nitrogens with one attached hydrogen (secondary N) is 3. The van der Waals surface area contributed by atoms with E-state index in [0.29, 0.717) is 5.92 Å². The number of fused-ring (bicyclic) bond motifs is 1. The molecule has 8 aliphatic heterocycles. The van der Waals surface area contributed by atoms with Gasteiger partial charge in [-0.3, -0.25) is 4.90 Å². The predicted octanol–water partition coefficient (Wildman–Crippen LogP) is 13.7. The first kappa shape index (κ1) is 75.6. The first-order valence-corrected chi connectivity index (χ1v) is 34.4. The maximum absolute atomic E-state index is 5.59. The number of para-hydroxylation sites is 2. The molecule has 8 heterocycles. The number of ether oxygens (including phenoxy) is 3. The Morgan fingerprint density at radius 1 is 0.395 bits per heavy atom. The Bertz CT molecular complexity index is 1400. The van der Waals surface area contributed by atoms with Gasteiger partial charge in [-0.25, -0.2) is 0 Å².